The Morgan fingerprint density at radius 3 is 2.28 bits per heavy atom. The number of Topliss-reactive ketones (excluding diaryl/α,β-unsaturated/α-hetero) is 1. The molecule has 1 unspecified atom stereocenters. The summed E-state index contributed by atoms with van der Waals surface area (Å²) in [7, 11) is 0. The van der Waals surface area contributed by atoms with Crippen molar-refractivity contribution in [3.63, 3.8) is 0 Å². The number of carbonyl (C=O) groups excluding carboxylic acids is 1. The smallest absolute Gasteiger partial charge is 0.433 e. The van der Waals surface area contributed by atoms with Crippen molar-refractivity contribution >= 4 is 11.8 Å². The van der Waals surface area contributed by atoms with Crippen LogP contribution in [0, 0.1) is 11.8 Å². The molecule has 0 aliphatic heterocycles. The summed E-state index contributed by atoms with van der Waals surface area (Å²) in [6, 6.07) is 3.31. The lowest BCUT2D eigenvalue weighted by molar-refractivity contribution is -0.143. The number of ether oxygens (including phenoxy) is 1. The summed E-state index contributed by atoms with van der Waals surface area (Å²) in [5.74, 6) is -2.66. The monoisotopic (exact) mass is 539 g/mol. The number of imidazole rings is 1. The summed E-state index contributed by atoms with van der Waals surface area (Å²) in [6.07, 6.45) is 8.72. The van der Waals surface area contributed by atoms with Gasteiger partial charge >= 0.3 is 18.2 Å². The highest BCUT2D eigenvalue weighted by atomic mass is 19.4. The van der Waals surface area contributed by atoms with Gasteiger partial charge in [-0.15, -0.1) is 0 Å². The molecule has 0 aromatic carbocycles. The Bertz CT molecular complexity index is 1410. The Kier molecular flexibility index (Phi) is 7.27. The fourth-order valence-electron chi connectivity index (χ4n) is 4.63. The number of halogens is 3. The van der Waals surface area contributed by atoms with Crippen LogP contribution in [0.15, 0.2) is 55.0 Å². The third-order valence-corrected chi connectivity index (χ3v) is 6.79. The number of ketones is 1. The van der Waals surface area contributed by atoms with Crippen LogP contribution in [0.5, 0.6) is 6.01 Å². The van der Waals surface area contributed by atoms with Crippen molar-refractivity contribution in [3.8, 4) is 28.7 Å². The van der Waals surface area contributed by atoms with Gasteiger partial charge in [0.05, 0.1) is 11.6 Å². The minimum Gasteiger partial charge on any atom is -0.481 e. The minimum atomic E-state index is -4.78. The molecular weight excluding hydrogens is 515 g/mol. The van der Waals surface area contributed by atoms with Gasteiger partial charge in [0.15, 0.2) is 11.5 Å². The molecule has 2 aliphatic rings. The lowest BCUT2D eigenvalue weighted by atomic mass is 9.87. The van der Waals surface area contributed by atoms with Crippen molar-refractivity contribution < 1.29 is 32.6 Å². The largest absolute Gasteiger partial charge is 0.481 e. The van der Waals surface area contributed by atoms with Crippen LogP contribution in [-0.4, -0.2) is 47.9 Å². The Hall–Kier alpha value is -4.35. The number of H-pyrrole nitrogens is 1. The van der Waals surface area contributed by atoms with Crippen LogP contribution >= 0.6 is 0 Å². The molecule has 5 rings (SSSR count). The fourth-order valence-corrected chi connectivity index (χ4v) is 4.63. The van der Waals surface area contributed by atoms with Gasteiger partial charge in [0.1, 0.15) is 17.6 Å². The van der Waals surface area contributed by atoms with Crippen molar-refractivity contribution in [1.29, 1.82) is 0 Å². The zero-order valence-electron chi connectivity index (χ0n) is 20.6. The minimum absolute atomic E-state index is 0.113. The number of rotatable bonds is 7. The summed E-state index contributed by atoms with van der Waals surface area (Å²) in [6.45, 7) is 0. The molecule has 0 spiro atoms. The number of alkyl halides is 3. The lowest BCUT2D eigenvalue weighted by Gasteiger charge is -2.25. The van der Waals surface area contributed by atoms with Gasteiger partial charge in [0.2, 0.25) is 0 Å². The van der Waals surface area contributed by atoms with E-state index in [2.05, 4.69) is 24.9 Å². The van der Waals surface area contributed by atoms with Crippen LogP contribution in [0.25, 0.3) is 22.6 Å². The van der Waals surface area contributed by atoms with Gasteiger partial charge < -0.3 is 14.8 Å². The molecule has 0 bridgehead atoms. The van der Waals surface area contributed by atoms with E-state index in [9.17, 15) is 22.8 Å². The van der Waals surface area contributed by atoms with E-state index in [0.717, 1.165) is 0 Å². The fraction of sp³-hybridized carbons (Fsp3) is 0.333. The van der Waals surface area contributed by atoms with Crippen LogP contribution in [0.2, 0.25) is 0 Å². The van der Waals surface area contributed by atoms with Crippen LogP contribution in [0.1, 0.15) is 48.3 Å². The highest BCUT2D eigenvalue weighted by molar-refractivity contribution is 5.99. The molecule has 0 amide bonds. The van der Waals surface area contributed by atoms with Crippen LogP contribution < -0.4 is 4.74 Å². The summed E-state index contributed by atoms with van der Waals surface area (Å²) in [4.78, 5) is 42.9. The van der Waals surface area contributed by atoms with Gasteiger partial charge in [-0.25, -0.2) is 15.0 Å². The van der Waals surface area contributed by atoms with Gasteiger partial charge in [0, 0.05) is 35.6 Å². The van der Waals surface area contributed by atoms with Crippen molar-refractivity contribution in [3.05, 3.63) is 66.4 Å². The molecule has 9 nitrogen and oxygen atoms in total. The predicted molar refractivity (Wildman–Crippen MR) is 133 cm³/mol. The average Bonchev–Trinajstić information content (AvgIpc) is 3.40. The number of nitrogens with zero attached hydrogens (tertiary/aromatic N) is 4. The van der Waals surface area contributed by atoms with Gasteiger partial charge in [0.25, 0.3) is 0 Å². The molecule has 1 atom stereocenters. The quantitative estimate of drug-likeness (QED) is 0.388. The SMILES string of the molecule is O=C(c1nc(-c2ccc(-c3cnc(OC4CCC(C(=O)O)CC4)nc3)nc2)[nH]c1C(F)(F)F)C1C=CC=CC1. The molecule has 3 aromatic heterocycles. The molecule has 3 aromatic rings. The van der Waals surface area contributed by atoms with Gasteiger partial charge in [-0.05, 0) is 44.2 Å². The normalized spacial score (nSPS) is 21.1. The number of carbonyl (C=O) groups is 2. The first-order chi connectivity index (χ1) is 18.7. The maximum absolute atomic E-state index is 13.7. The summed E-state index contributed by atoms with van der Waals surface area (Å²) >= 11 is 0. The second-order valence-electron chi connectivity index (χ2n) is 9.44. The number of aromatic amines is 1. The third kappa shape index (κ3) is 5.89. The first-order valence-electron chi connectivity index (χ1n) is 12.4. The van der Waals surface area contributed by atoms with Crippen molar-refractivity contribution in [1.82, 2.24) is 24.9 Å². The van der Waals surface area contributed by atoms with E-state index in [-0.39, 0.29) is 29.4 Å². The number of carboxylic acids is 1. The molecule has 2 N–H and O–H groups in total. The molecular formula is C27H24F3N5O4. The molecule has 3 heterocycles. The van der Waals surface area contributed by atoms with E-state index >= 15 is 0 Å². The predicted octanol–water partition coefficient (Wildman–Crippen LogP) is 5.28. The topological polar surface area (TPSA) is 131 Å². The highest BCUT2D eigenvalue weighted by Gasteiger charge is 2.40. The van der Waals surface area contributed by atoms with Gasteiger partial charge in [-0.1, -0.05) is 24.3 Å². The molecule has 202 valence electrons. The van der Waals surface area contributed by atoms with E-state index in [1.54, 1.807) is 36.4 Å². The van der Waals surface area contributed by atoms with E-state index in [1.807, 2.05) is 0 Å². The number of hydrogen-bond donors (Lipinski definition) is 2. The molecule has 0 saturated heterocycles. The summed E-state index contributed by atoms with van der Waals surface area (Å²) < 4.78 is 46.9. The Morgan fingerprint density at radius 2 is 1.69 bits per heavy atom. The number of aliphatic carboxylic acids is 1. The second-order valence-corrected chi connectivity index (χ2v) is 9.44. The number of allylic oxidation sites excluding steroid dienone is 4. The Balaban J connectivity index is 1.29. The molecule has 1 fully saturated rings. The van der Waals surface area contributed by atoms with Crippen LogP contribution in [0.3, 0.4) is 0 Å². The first-order valence-corrected chi connectivity index (χ1v) is 12.4. The second kappa shape index (κ2) is 10.8. The van der Waals surface area contributed by atoms with E-state index in [0.29, 0.717) is 43.4 Å². The molecule has 39 heavy (non-hydrogen) atoms. The van der Waals surface area contributed by atoms with Crippen LogP contribution in [-0.2, 0) is 11.0 Å². The standard InChI is InChI=1S/C27H24F3N5O4/c28-27(29,30)23-21(22(36)15-4-2-1-3-5-15)34-24(35-23)17-8-11-20(31-12-17)18-13-32-26(33-14-18)39-19-9-6-16(7-10-19)25(37)38/h1-4,8,11-16,19H,5-7,9-10H2,(H,34,35)(H,37,38). The highest BCUT2D eigenvalue weighted by Crippen LogP contribution is 2.34. The zero-order valence-corrected chi connectivity index (χ0v) is 20.6. The van der Waals surface area contributed by atoms with E-state index in [1.165, 1.54) is 18.6 Å². The van der Waals surface area contributed by atoms with Crippen molar-refractivity contribution in [2.24, 2.45) is 11.8 Å². The average molecular weight is 540 g/mol. The molecule has 12 heteroatoms. The van der Waals surface area contributed by atoms with Gasteiger partial charge in [-0.2, -0.15) is 13.2 Å². The third-order valence-electron chi connectivity index (χ3n) is 6.79. The zero-order chi connectivity index (χ0) is 27.6. The lowest BCUT2D eigenvalue weighted by Crippen LogP contribution is -2.28. The molecule has 0 radical (unpaired) electrons. The van der Waals surface area contributed by atoms with Gasteiger partial charge in [-0.3, -0.25) is 14.6 Å². The number of nitrogens with one attached hydrogen (secondary N) is 1. The molecule has 1 saturated carbocycles. The summed E-state index contributed by atoms with van der Waals surface area (Å²) in [5, 5.41) is 9.11. The molecule has 2 aliphatic carbocycles. The number of hydrogen-bond acceptors (Lipinski definition) is 7. The van der Waals surface area contributed by atoms with E-state index < -0.39 is 35.2 Å². The number of carboxylic acid groups (broad SMARTS) is 1. The number of aromatic nitrogens is 5. The number of pyridine rings is 1. The van der Waals surface area contributed by atoms with E-state index in [4.69, 9.17) is 9.84 Å². The Labute approximate surface area is 220 Å². The Morgan fingerprint density at radius 1 is 0.974 bits per heavy atom. The summed E-state index contributed by atoms with van der Waals surface area (Å²) in [5.41, 5.74) is -0.514. The van der Waals surface area contributed by atoms with Crippen molar-refractivity contribution in [2.75, 3.05) is 0 Å². The first kappa shape index (κ1) is 26.3. The van der Waals surface area contributed by atoms with Crippen molar-refractivity contribution in [2.45, 2.75) is 44.4 Å². The van der Waals surface area contributed by atoms with Crippen LogP contribution in [0.4, 0.5) is 13.2 Å². The maximum Gasteiger partial charge on any atom is 0.433 e. The maximum atomic E-state index is 13.7.